The van der Waals surface area contributed by atoms with Crippen LogP contribution in [0.5, 0.6) is 0 Å². The number of carbonyl (C=O) groups is 3. The molecule has 0 bridgehead atoms. The Bertz CT molecular complexity index is 1520. The lowest BCUT2D eigenvalue weighted by Gasteiger charge is -2.40. The van der Waals surface area contributed by atoms with Gasteiger partial charge in [-0.05, 0) is 44.9 Å². The van der Waals surface area contributed by atoms with Crippen molar-refractivity contribution in [1.29, 1.82) is 0 Å². The van der Waals surface area contributed by atoms with Gasteiger partial charge in [0.1, 0.15) is 16.7 Å². The van der Waals surface area contributed by atoms with Crippen molar-refractivity contribution in [3.63, 3.8) is 0 Å². The Balaban J connectivity index is 1.65. The standard InChI is InChI=1S/C27H29F3N6O6/c1-5-14-8-19-21(32-10-14)20(23(41-19)35-24(38)39)22(37)34-17-11-31-7-6-18(17)36-12-15(27(28,29)30)9-16(13-36)33-25(40)42-26(2,3)4/h5-8,10-11,15-16,35H,1,9,12-13H2,2-4H3,(H,33,40)(H,34,37)(H,38,39)/t15-,16+/m1/s1. The number of halogens is 3. The summed E-state index contributed by atoms with van der Waals surface area (Å²) in [6, 6.07) is 2.01. The highest BCUT2D eigenvalue weighted by Gasteiger charge is 2.45. The molecule has 4 heterocycles. The van der Waals surface area contributed by atoms with Crippen LogP contribution in [0.25, 0.3) is 17.2 Å². The number of carbonyl (C=O) groups excluding carboxylic acids is 2. The second-order valence-corrected chi connectivity index (χ2v) is 10.6. The Kier molecular flexibility index (Phi) is 8.31. The smallest absolute Gasteiger partial charge is 0.411 e. The zero-order chi connectivity index (χ0) is 30.8. The summed E-state index contributed by atoms with van der Waals surface area (Å²) in [5.41, 5.74) is -0.146. The van der Waals surface area contributed by atoms with Crippen LogP contribution in [0.4, 0.5) is 40.0 Å². The Morgan fingerprint density at radius 3 is 2.57 bits per heavy atom. The zero-order valence-electron chi connectivity index (χ0n) is 22.9. The first kappa shape index (κ1) is 30.1. The second kappa shape index (κ2) is 11.6. The molecule has 1 aliphatic rings. The summed E-state index contributed by atoms with van der Waals surface area (Å²) in [4.78, 5) is 46.8. The maximum atomic E-state index is 13.9. The number of alkyl halides is 3. The van der Waals surface area contributed by atoms with Crippen LogP contribution >= 0.6 is 0 Å². The minimum Gasteiger partial charge on any atom is -0.465 e. The van der Waals surface area contributed by atoms with Gasteiger partial charge in [-0.3, -0.25) is 20.1 Å². The maximum absolute atomic E-state index is 13.9. The third kappa shape index (κ3) is 7.08. The monoisotopic (exact) mass is 590 g/mol. The van der Waals surface area contributed by atoms with E-state index in [0.717, 1.165) is 0 Å². The van der Waals surface area contributed by atoms with Gasteiger partial charge in [-0.25, -0.2) is 9.59 Å². The highest BCUT2D eigenvalue weighted by Crippen LogP contribution is 2.38. The number of aromatic nitrogens is 2. The minimum atomic E-state index is -4.56. The number of anilines is 3. The molecule has 15 heteroatoms. The molecular weight excluding hydrogens is 561 g/mol. The van der Waals surface area contributed by atoms with Gasteiger partial charge in [0.2, 0.25) is 5.88 Å². The first-order valence-corrected chi connectivity index (χ1v) is 12.8. The average Bonchev–Trinajstić information content (AvgIpc) is 3.23. The number of amides is 3. The van der Waals surface area contributed by atoms with Crippen LogP contribution in [0.2, 0.25) is 0 Å². The van der Waals surface area contributed by atoms with Crippen molar-refractivity contribution >= 4 is 52.5 Å². The first-order valence-electron chi connectivity index (χ1n) is 12.8. The number of hydrogen-bond donors (Lipinski definition) is 4. The normalized spacial score (nSPS) is 17.4. The fraction of sp³-hybridized carbons (Fsp3) is 0.370. The molecule has 0 radical (unpaired) electrons. The number of hydrogen-bond acceptors (Lipinski definition) is 8. The molecular formula is C27H29F3N6O6. The van der Waals surface area contributed by atoms with E-state index in [9.17, 15) is 32.7 Å². The number of fused-ring (bicyclic) bond motifs is 1. The summed E-state index contributed by atoms with van der Waals surface area (Å²) < 4.78 is 52.5. The molecule has 0 aliphatic carbocycles. The fourth-order valence-corrected chi connectivity index (χ4v) is 4.56. The van der Waals surface area contributed by atoms with Crippen LogP contribution in [-0.4, -0.2) is 64.1 Å². The topological polar surface area (TPSA) is 159 Å². The molecule has 2 atom stereocenters. The van der Waals surface area contributed by atoms with E-state index in [0.29, 0.717) is 5.56 Å². The third-order valence-electron chi connectivity index (χ3n) is 6.25. The number of ether oxygens (including phenoxy) is 1. The van der Waals surface area contributed by atoms with Crippen molar-refractivity contribution < 1.29 is 41.8 Å². The van der Waals surface area contributed by atoms with Crippen LogP contribution in [-0.2, 0) is 4.74 Å². The van der Waals surface area contributed by atoms with Crippen LogP contribution in [0.3, 0.4) is 0 Å². The highest BCUT2D eigenvalue weighted by molar-refractivity contribution is 6.16. The molecule has 3 aromatic rings. The SMILES string of the molecule is C=Cc1cnc2c(C(=O)Nc3cnccc3N3C[C@@H](NC(=O)OC(C)(C)C)C[C@@H](C(F)(F)F)C3)c(NC(=O)O)oc2c1. The van der Waals surface area contributed by atoms with Gasteiger partial charge in [0, 0.05) is 25.5 Å². The van der Waals surface area contributed by atoms with E-state index >= 15 is 0 Å². The summed E-state index contributed by atoms with van der Waals surface area (Å²) in [6.07, 6.45) is -1.79. The number of pyridine rings is 2. The fourth-order valence-electron chi connectivity index (χ4n) is 4.56. The van der Waals surface area contributed by atoms with Crippen molar-refractivity contribution in [2.24, 2.45) is 5.92 Å². The zero-order valence-corrected chi connectivity index (χ0v) is 22.9. The van der Waals surface area contributed by atoms with Gasteiger partial charge in [0.25, 0.3) is 5.91 Å². The van der Waals surface area contributed by atoms with Gasteiger partial charge in [0.15, 0.2) is 5.58 Å². The molecule has 1 fully saturated rings. The lowest BCUT2D eigenvalue weighted by atomic mass is 9.93. The van der Waals surface area contributed by atoms with E-state index in [1.807, 2.05) is 5.32 Å². The van der Waals surface area contributed by atoms with Crippen molar-refractivity contribution in [1.82, 2.24) is 15.3 Å². The van der Waals surface area contributed by atoms with Gasteiger partial charge >= 0.3 is 18.4 Å². The van der Waals surface area contributed by atoms with Gasteiger partial charge in [0.05, 0.1) is 29.5 Å². The quantitative estimate of drug-likeness (QED) is 0.291. The maximum Gasteiger partial charge on any atom is 0.411 e. The van der Waals surface area contributed by atoms with E-state index in [1.165, 1.54) is 41.7 Å². The minimum absolute atomic E-state index is 0.0228. The molecule has 42 heavy (non-hydrogen) atoms. The van der Waals surface area contributed by atoms with Crippen LogP contribution < -0.4 is 20.9 Å². The number of alkyl carbamates (subject to hydrolysis) is 1. The Hall–Kier alpha value is -4.82. The first-order chi connectivity index (χ1) is 19.6. The highest BCUT2D eigenvalue weighted by atomic mass is 19.4. The number of carboxylic acid groups (broad SMARTS) is 1. The van der Waals surface area contributed by atoms with E-state index in [2.05, 4.69) is 27.2 Å². The summed E-state index contributed by atoms with van der Waals surface area (Å²) in [5, 5.41) is 16.4. The summed E-state index contributed by atoms with van der Waals surface area (Å²) in [7, 11) is 0. The number of piperidine rings is 1. The number of furan rings is 1. The Labute approximate surface area is 237 Å². The average molecular weight is 591 g/mol. The van der Waals surface area contributed by atoms with E-state index in [-0.39, 0.29) is 41.0 Å². The Morgan fingerprint density at radius 1 is 1.19 bits per heavy atom. The second-order valence-electron chi connectivity index (χ2n) is 10.6. The molecule has 3 aromatic heterocycles. The van der Waals surface area contributed by atoms with Crippen molar-refractivity contribution in [3.8, 4) is 0 Å². The molecule has 3 amide bonds. The van der Waals surface area contributed by atoms with Crippen molar-refractivity contribution in [2.45, 2.75) is 45.0 Å². The summed E-state index contributed by atoms with van der Waals surface area (Å²) in [5.74, 6) is -3.04. The van der Waals surface area contributed by atoms with Gasteiger partial charge < -0.3 is 29.8 Å². The third-order valence-corrected chi connectivity index (χ3v) is 6.25. The molecule has 4 rings (SSSR count). The molecule has 224 valence electrons. The van der Waals surface area contributed by atoms with Gasteiger partial charge in [-0.2, -0.15) is 13.2 Å². The van der Waals surface area contributed by atoms with Crippen LogP contribution in [0.1, 0.15) is 43.1 Å². The number of rotatable bonds is 6. The Morgan fingerprint density at radius 2 is 1.93 bits per heavy atom. The van der Waals surface area contributed by atoms with Crippen LogP contribution in [0.15, 0.2) is 41.7 Å². The molecule has 1 aliphatic heterocycles. The molecule has 0 aromatic carbocycles. The van der Waals surface area contributed by atoms with E-state index in [4.69, 9.17) is 9.15 Å². The van der Waals surface area contributed by atoms with Crippen molar-refractivity contribution in [2.75, 3.05) is 28.6 Å². The summed E-state index contributed by atoms with van der Waals surface area (Å²) >= 11 is 0. The molecule has 0 spiro atoms. The number of nitrogens with zero attached hydrogens (tertiary/aromatic N) is 3. The van der Waals surface area contributed by atoms with Gasteiger partial charge in [-0.15, -0.1) is 0 Å². The largest absolute Gasteiger partial charge is 0.465 e. The molecule has 12 nitrogen and oxygen atoms in total. The lowest BCUT2D eigenvalue weighted by Crippen LogP contribution is -2.54. The van der Waals surface area contributed by atoms with E-state index in [1.54, 1.807) is 20.8 Å². The lowest BCUT2D eigenvalue weighted by molar-refractivity contribution is -0.177. The molecule has 4 N–H and O–H groups in total. The number of nitrogens with one attached hydrogen (secondary N) is 3. The predicted molar refractivity (Wildman–Crippen MR) is 147 cm³/mol. The van der Waals surface area contributed by atoms with Crippen LogP contribution in [0, 0.1) is 5.92 Å². The van der Waals surface area contributed by atoms with Gasteiger partial charge in [-0.1, -0.05) is 12.7 Å². The summed E-state index contributed by atoms with van der Waals surface area (Å²) in [6.45, 7) is 8.08. The molecule has 0 saturated carbocycles. The van der Waals surface area contributed by atoms with E-state index < -0.39 is 54.3 Å². The molecule has 1 saturated heterocycles. The molecule has 0 unspecified atom stereocenters. The van der Waals surface area contributed by atoms with Crippen molar-refractivity contribution in [3.05, 3.63) is 48.4 Å². The predicted octanol–water partition coefficient (Wildman–Crippen LogP) is 5.49.